The second-order valence-electron chi connectivity index (χ2n) is 4.48. The summed E-state index contributed by atoms with van der Waals surface area (Å²) in [6.07, 6.45) is 9.53. The molecule has 0 radical (unpaired) electrons. The predicted octanol–water partition coefficient (Wildman–Crippen LogP) is 1.15. The molecule has 92 valence electrons. The molecule has 0 saturated carbocycles. The van der Waals surface area contributed by atoms with Gasteiger partial charge in [0.1, 0.15) is 0 Å². The van der Waals surface area contributed by atoms with Crippen LogP contribution in [0.5, 0.6) is 0 Å². The zero-order chi connectivity index (χ0) is 11.6. The van der Waals surface area contributed by atoms with Gasteiger partial charge in [-0.15, -0.1) is 12.3 Å². The Morgan fingerprint density at radius 2 is 2.44 bits per heavy atom. The van der Waals surface area contributed by atoms with Crippen molar-refractivity contribution in [3.8, 4) is 12.3 Å². The minimum Gasteiger partial charge on any atom is -0.379 e. The average molecular weight is 224 g/mol. The Labute approximate surface area is 99.3 Å². The van der Waals surface area contributed by atoms with Gasteiger partial charge in [0.25, 0.3) is 0 Å². The lowest BCUT2D eigenvalue weighted by Crippen LogP contribution is -2.45. The van der Waals surface area contributed by atoms with E-state index >= 15 is 0 Å². The molecule has 2 atom stereocenters. The SMILES string of the molecule is C#CCCCCNC(C)CC1COCCN1. The largest absolute Gasteiger partial charge is 0.379 e. The van der Waals surface area contributed by atoms with E-state index in [9.17, 15) is 0 Å². The lowest BCUT2D eigenvalue weighted by Gasteiger charge is -2.26. The molecule has 1 heterocycles. The van der Waals surface area contributed by atoms with Crippen LogP contribution >= 0.6 is 0 Å². The van der Waals surface area contributed by atoms with Gasteiger partial charge >= 0.3 is 0 Å². The molecule has 2 unspecified atom stereocenters. The Hall–Kier alpha value is -0.560. The van der Waals surface area contributed by atoms with Gasteiger partial charge in [0.05, 0.1) is 13.2 Å². The van der Waals surface area contributed by atoms with Crippen LogP contribution in [-0.4, -0.2) is 38.4 Å². The predicted molar refractivity (Wildman–Crippen MR) is 67.4 cm³/mol. The van der Waals surface area contributed by atoms with E-state index in [0.29, 0.717) is 12.1 Å². The van der Waals surface area contributed by atoms with Crippen LogP contribution in [0.3, 0.4) is 0 Å². The topological polar surface area (TPSA) is 33.3 Å². The molecule has 1 fully saturated rings. The number of ether oxygens (including phenoxy) is 1. The van der Waals surface area contributed by atoms with Crippen LogP contribution in [0, 0.1) is 12.3 Å². The van der Waals surface area contributed by atoms with E-state index < -0.39 is 0 Å². The third-order valence-corrected chi connectivity index (χ3v) is 2.88. The number of hydrogen-bond acceptors (Lipinski definition) is 3. The second-order valence-corrected chi connectivity index (χ2v) is 4.48. The normalized spacial score (nSPS) is 22.6. The number of nitrogens with one attached hydrogen (secondary N) is 2. The van der Waals surface area contributed by atoms with Gasteiger partial charge in [-0.2, -0.15) is 0 Å². The summed E-state index contributed by atoms with van der Waals surface area (Å²) in [7, 11) is 0. The van der Waals surface area contributed by atoms with Gasteiger partial charge in [0.15, 0.2) is 0 Å². The van der Waals surface area contributed by atoms with Gasteiger partial charge in [-0.25, -0.2) is 0 Å². The van der Waals surface area contributed by atoms with Crippen molar-refractivity contribution in [2.45, 2.75) is 44.7 Å². The van der Waals surface area contributed by atoms with Crippen molar-refractivity contribution in [2.75, 3.05) is 26.3 Å². The Kier molecular flexibility index (Phi) is 7.24. The quantitative estimate of drug-likeness (QED) is 0.503. The Balaban J connectivity index is 1.97. The molecule has 0 bridgehead atoms. The molecule has 0 spiro atoms. The molecule has 1 saturated heterocycles. The smallest absolute Gasteiger partial charge is 0.0620 e. The van der Waals surface area contributed by atoms with Gasteiger partial charge in [0.2, 0.25) is 0 Å². The number of morpholine rings is 1. The standard InChI is InChI=1S/C13H24N2O/c1-3-4-5-6-7-14-12(2)10-13-11-16-9-8-15-13/h1,12-15H,4-11H2,2H3. The highest BCUT2D eigenvalue weighted by Crippen LogP contribution is 2.02. The van der Waals surface area contributed by atoms with Crippen molar-refractivity contribution < 1.29 is 4.74 Å². The molecule has 0 amide bonds. The summed E-state index contributed by atoms with van der Waals surface area (Å²) in [6.45, 7) is 5.99. The zero-order valence-corrected chi connectivity index (χ0v) is 10.3. The van der Waals surface area contributed by atoms with Crippen molar-refractivity contribution in [2.24, 2.45) is 0 Å². The minimum atomic E-state index is 0.516. The van der Waals surface area contributed by atoms with Gasteiger partial charge in [-0.3, -0.25) is 0 Å². The van der Waals surface area contributed by atoms with Crippen molar-refractivity contribution in [1.29, 1.82) is 0 Å². The Bertz CT molecular complexity index is 206. The van der Waals surface area contributed by atoms with E-state index in [-0.39, 0.29) is 0 Å². The van der Waals surface area contributed by atoms with Gasteiger partial charge in [0, 0.05) is 25.0 Å². The Morgan fingerprint density at radius 3 is 3.12 bits per heavy atom. The number of hydrogen-bond donors (Lipinski definition) is 2. The highest BCUT2D eigenvalue weighted by atomic mass is 16.5. The first-order valence-corrected chi connectivity index (χ1v) is 6.31. The summed E-state index contributed by atoms with van der Waals surface area (Å²) < 4.78 is 5.43. The lowest BCUT2D eigenvalue weighted by atomic mass is 10.1. The van der Waals surface area contributed by atoms with E-state index in [2.05, 4.69) is 23.5 Å². The van der Waals surface area contributed by atoms with E-state index in [1.165, 1.54) is 6.42 Å². The molecule has 0 aromatic rings. The molecule has 3 heteroatoms. The number of terminal acetylenes is 1. The third-order valence-electron chi connectivity index (χ3n) is 2.88. The first-order chi connectivity index (χ1) is 7.83. The molecule has 0 aliphatic carbocycles. The maximum absolute atomic E-state index is 5.43. The molecule has 3 nitrogen and oxygen atoms in total. The molecule has 1 aliphatic heterocycles. The summed E-state index contributed by atoms with van der Waals surface area (Å²) in [5, 5.41) is 6.99. The minimum absolute atomic E-state index is 0.516. The zero-order valence-electron chi connectivity index (χ0n) is 10.3. The van der Waals surface area contributed by atoms with E-state index in [1.54, 1.807) is 0 Å². The highest BCUT2D eigenvalue weighted by molar-refractivity contribution is 4.83. The molecule has 1 rings (SSSR count). The van der Waals surface area contributed by atoms with E-state index in [0.717, 1.165) is 45.6 Å². The fourth-order valence-corrected chi connectivity index (χ4v) is 1.98. The summed E-state index contributed by atoms with van der Waals surface area (Å²) in [5.41, 5.74) is 0. The number of unbranched alkanes of at least 4 members (excludes halogenated alkanes) is 2. The molecule has 1 aliphatic rings. The average Bonchev–Trinajstić information content (AvgIpc) is 2.30. The summed E-state index contributed by atoms with van der Waals surface area (Å²) >= 11 is 0. The van der Waals surface area contributed by atoms with E-state index in [4.69, 9.17) is 11.2 Å². The molecule has 2 N–H and O–H groups in total. The molecule has 16 heavy (non-hydrogen) atoms. The van der Waals surface area contributed by atoms with Crippen molar-refractivity contribution in [3.63, 3.8) is 0 Å². The Morgan fingerprint density at radius 1 is 1.56 bits per heavy atom. The second kappa shape index (κ2) is 8.58. The van der Waals surface area contributed by atoms with Gasteiger partial charge in [-0.05, 0) is 32.7 Å². The van der Waals surface area contributed by atoms with Crippen LogP contribution in [-0.2, 0) is 4.74 Å². The molecular weight excluding hydrogens is 200 g/mol. The number of rotatable bonds is 7. The van der Waals surface area contributed by atoms with Crippen LogP contribution in [0.1, 0.15) is 32.6 Å². The maximum atomic E-state index is 5.43. The first-order valence-electron chi connectivity index (χ1n) is 6.31. The molecule has 0 aromatic carbocycles. The van der Waals surface area contributed by atoms with Crippen LogP contribution < -0.4 is 10.6 Å². The summed E-state index contributed by atoms with van der Waals surface area (Å²) in [6, 6.07) is 1.06. The van der Waals surface area contributed by atoms with E-state index in [1.807, 2.05) is 0 Å². The first kappa shape index (κ1) is 13.5. The van der Waals surface area contributed by atoms with Crippen molar-refractivity contribution in [1.82, 2.24) is 10.6 Å². The fraction of sp³-hybridized carbons (Fsp3) is 0.846. The highest BCUT2D eigenvalue weighted by Gasteiger charge is 2.15. The van der Waals surface area contributed by atoms with Gasteiger partial charge < -0.3 is 15.4 Å². The maximum Gasteiger partial charge on any atom is 0.0620 e. The van der Waals surface area contributed by atoms with Crippen LogP contribution in [0.2, 0.25) is 0 Å². The summed E-state index contributed by atoms with van der Waals surface area (Å²) in [4.78, 5) is 0. The molecular formula is C13H24N2O. The lowest BCUT2D eigenvalue weighted by molar-refractivity contribution is 0.0712. The monoisotopic (exact) mass is 224 g/mol. The van der Waals surface area contributed by atoms with Crippen LogP contribution in [0.4, 0.5) is 0 Å². The van der Waals surface area contributed by atoms with Gasteiger partial charge in [-0.1, -0.05) is 0 Å². The van der Waals surface area contributed by atoms with Crippen LogP contribution in [0.15, 0.2) is 0 Å². The van der Waals surface area contributed by atoms with Crippen molar-refractivity contribution >= 4 is 0 Å². The summed E-state index contributed by atoms with van der Waals surface area (Å²) in [5.74, 6) is 2.67. The fourth-order valence-electron chi connectivity index (χ4n) is 1.98. The third kappa shape index (κ3) is 6.12. The molecule has 0 aromatic heterocycles. The van der Waals surface area contributed by atoms with Crippen LogP contribution in [0.25, 0.3) is 0 Å². The van der Waals surface area contributed by atoms with Crippen molar-refractivity contribution in [3.05, 3.63) is 0 Å².